The summed E-state index contributed by atoms with van der Waals surface area (Å²) in [6.45, 7) is 7.38. The molecular formula is C16H18N2S2. The molecule has 1 unspecified atom stereocenters. The molecule has 0 aliphatic heterocycles. The van der Waals surface area contributed by atoms with Crippen LogP contribution in [0.25, 0.3) is 10.1 Å². The molecule has 2 aromatic heterocycles. The Morgan fingerprint density at radius 1 is 1.20 bits per heavy atom. The van der Waals surface area contributed by atoms with Crippen LogP contribution in [0.2, 0.25) is 0 Å². The highest BCUT2D eigenvalue weighted by Gasteiger charge is 2.11. The van der Waals surface area contributed by atoms with Crippen molar-refractivity contribution in [3.8, 4) is 0 Å². The van der Waals surface area contributed by atoms with Crippen LogP contribution >= 0.6 is 22.7 Å². The average molecular weight is 302 g/mol. The van der Waals surface area contributed by atoms with Crippen LogP contribution in [0.1, 0.15) is 28.3 Å². The van der Waals surface area contributed by atoms with Crippen molar-refractivity contribution in [2.45, 2.75) is 26.7 Å². The molecule has 0 spiro atoms. The maximum absolute atomic E-state index is 4.53. The first kappa shape index (κ1) is 13.6. The topological polar surface area (TPSA) is 24.9 Å². The highest BCUT2D eigenvalue weighted by atomic mass is 32.1. The second-order valence-corrected chi connectivity index (χ2v) is 7.45. The Hall–Kier alpha value is -1.39. The van der Waals surface area contributed by atoms with E-state index in [1.54, 1.807) is 11.3 Å². The molecule has 1 atom stereocenters. The van der Waals surface area contributed by atoms with Crippen molar-refractivity contribution in [1.82, 2.24) is 4.98 Å². The summed E-state index contributed by atoms with van der Waals surface area (Å²) in [5, 5.41) is 5.85. The van der Waals surface area contributed by atoms with Crippen molar-refractivity contribution < 1.29 is 0 Å². The Labute approximate surface area is 127 Å². The van der Waals surface area contributed by atoms with E-state index in [4.69, 9.17) is 0 Å². The Kier molecular flexibility index (Phi) is 3.76. The van der Waals surface area contributed by atoms with E-state index in [0.29, 0.717) is 5.92 Å². The second kappa shape index (κ2) is 5.54. The number of fused-ring (bicyclic) bond motifs is 1. The average Bonchev–Trinajstić information content (AvgIpc) is 3.00. The highest BCUT2D eigenvalue weighted by Crippen LogP contribution is 2.31. The van der Waals surface area contributed by atoms with Gasteiger partial charge in [-0.2, -0.15) is 0 Å². The number of thiazole rings is 1. The number of nitrogens with zero attached hydrogens (tertiary/aromatic N) is 1. The third-order valence-electron chi connectivity index (χ3n) is 3.52. The summed E-state index contributed by atoms with van der Waals surface area (Å²) in [5.74, 6) is 0.497. The van der Waals surface area contributed by atoms with E-state index in [1.165, 1.54) is 19.8 Å². The lowest BCUT2D eigenvalue weighted by Gasteiger charge is -2.09. The van der Waals surface area contributed by atoms with Gasteiger partial charge in [0.1, 0.15) is 0 Å². The predicted octanol–water partition coefficient (Wildman–Crippen LogP) is 5.19. The summed E-state index contributed by atoms with van der Waals surface area (Å²) < 4.78 is 1.37. The van der Waals surface area contributed by atoms with Crippen molar-refractivity contribution in [1.29, 1.82) is 0 Å². The number of hydrogen-bond donors (Lipinski definition) is 1. The van der Waals surface area contributed by atoms with Gasteiger partial charge in [0.15, 0.2) is 5.13 Å². The largest absolute Gasteiger partial charge is 0.361 e. The summed E-state index contributed by atoms with van der Waals surface area (Å²) in [6.07, 6.45) is 0. The SMILES string of the molecule is Cc1nc(NCC(C)c2cc3ccccc3s2)sc1C. The van der Waals surface area contributed by atoms with E-state index in [1.807, 2.05) is 11.3 Å². The summed E-state index contributed by atoms with van der Waals surface area (Å²) in [4.78, 5) is 7.26. The number of rotatable bonds is 4. The van der Waals surface area contributed by atoms with Gasteiger partial charge in [0.2, 0.25) is 0 Å². The van der Waals surface area contributed by atoms with Crippen LogP contribution in [-0.4, -0.2) is 11.5 Å². The van der Waals surface area contributed by atoms with E-state index in [9.17, 15) is 0 Å². The molecule has 0 fully saturated rings. The Morgan fingerprint density at radius 2 is 2.00 bits per heavy atom. The molecule has 20 heavy (non-hydrogen) atoms. The molecular weight excluding hydrogens is 284 g/mol. The molecule has 2 heterocycles. The molecule has 3 rings (SSSR count). The molecule has 0 saturated heterocycles. The standard InChI is InChI=1S/C16H18N2S2/c1-10(9-17-16-18-11(2)12(3)19-16)15-8-13-6-4-5-7-14(13)20-15/h4-8,10H,9H2,1-3H3,(H,17,18). The van der Waals surface area contributed by atoms with Gasteiger partial charge < -0.3 is 5.32 Å². The third-order valence-corrected chi connectivity index (χ3v) is 5.90. The zero-order valence-electron chi connectivity index (χ0n) is 11.9. The lowest BCUT2D eigenvalue weighted by Crippen LogP contribution is -2.08. The molecule has 3 aromatic rings. The van der Waals surface area contributed by atoms with Gasteiger partial charge in [-0.15, -0.1) is 22.7 Å². The summed E-state index contributed by atoms with van der Waals surface area (Å²) in [7, 11) is 0. The first-order valence-electron chi connectivity index (χ1n) is 6.80. The number of nitrogens with one attached hydrogen (secondary N) is 1. The number of aryl methyl sites for hydroxylation is 2. The van der Waals surface area contributed by atoms with Gasteiger partial charge in [0, 0.05) is 26.9 Å². The van der Waals surface area contributed by atoms with Crippen molar-refractivity contribution in [2.24, 2.45) is 0 Å². The summed E-state index contributed by atoms with van der Waals surface area (Å²) in [5.41, 5.74) is 1.13. The number of thiophene rings is 1. The summed E-state index contributed by atoms with van der Waals surface area (Å²) >= 11 is 3.63. The first-order chi connectivity index (χ1) is 9.63. The lowest BCUT2D eigenvalue weighted by atomic mass is 10.1. The maximum Gasteiger partial charge on any atom is 0.183 e. The predicted molar refractivity (Wildman–Crippen MR) is 90.3 cm³/mol. The smallest absolute Gasteiger partial charge is 0.183 e. The molecule has 0 saturated carbocycles. The monoisotopic (exact) mass is 302 g/mol. The molecule has 4 heteroatoms. The maximum atomic E-state index is 4.53. The molecule has 1 aromatic carbocycles. The molecule has 0 aliphatic carbocycles. The Morgan fingerprint density at radius 3 is 2.70 bits per heavy atom. The quantitative estimate of drug-likeness (QED) is 0.717. The van der Waals surface area contributed by atoms with E-state index in [0.717, 1.165) is 17.4 Å². The normalized spacial score (nSPS) is 12.8. The van der Waals surface area contributed by atoms with Gasteiger partial charge >= 0.3 is 0 Å². The van der Waals surface area contributed by atoms with Crippen LogP contribution < -0.4 is 5.32 Å². The van der Waals surface area contributed by atoms with E-state index in [-0.39, 0.29) is 0 Å². The van der Waals surface area contributed by atoms with Crippen molar-refractivity contribution in [3.63, 3.8) is 0 Å². The Bertz CT molecular complexity index is 674. The number of benzene rings is 1. The van der Waals surface area contributed by atoms with Crippen LogP contribution in [0.4, 0.5) is 5.13 Å². The molecule has 0 amide bonds. The van der Waals surface area contributed by atoms with Gasteiger partial charge in [0.25, 0.3) is 0 Å². The fraction of sp³-hybridized carbons (Fsp3) is 0.312. The van der Waals surface area contributed by atoms with E-state index < -0.39 is 0 Å². The molecule has 104 valence electrons. The minimum absolute atomic E-state index is 0.497. The van der Waals surface area contributed by atoms with E-state index in [2.05, 4.69) is 61.4 Å². The number of hydrogen-bond acceptors (Lipinski definition) is 4. The second-order valence-electron chi connectivity index (χ2n) is 5.13. The zero-order chi connectivity index (χ0) is 14.1. The zero-order valence-corrected chi connectivity index (χ0v) is 13.6. The molecule has 2 nitrogen and oxygen atoms in total. The first-order valence-corrected chi connectivity index (χ1v) is 8.43. The van der Waals surface area contributed by atoms with Crippen molar-refractivity contribution in [3.05, 3.63) is 45.8 Å². The van der Waals surface area contributed by atoms with Crippen LogP contribution in [0.5, 0.6) is 0 Å². The molecule has 1 N–H and O–H groups in total. The lowest BCUT2D eigenvalue weighted by molar-refractivity contribution is 0.822. The van der Waals surface area contributed by atoms with E-state index >= 15 is 0 Å². The minimum atomic E-state index is 0.497. The van der Waals surface area contributed by atoms with Crippen LogP contribution in [0.15, 0.2) is 30.3 Å². The van der Waals surface area contributed by atoms with Gasteiger partial charge in [-0.3, -0.25) is 0 Å². The van der Waals surface area contributed by atoms with Crippen LogP contribution in [0.3, 0.4) is 0 Å². The molecule has 0 radical (unpaired) electrons. The number of anilines is 1. The fourth-order valence-corrected chi connectivity index (χ4v) is 4.07. The van der Waals surface area contributed by atoms with Gasteiger partial charge in [-0.1, -0.05) is 25.1 Å². The van der Waals surface area contributed by atoms with Gasteiger partial charge in [-0.25, -0.2) is 4.98 Å². The van der Waals surface area contributed by atoms with Crippen molar-refractivity contribution in [2.75, 3.05) is 11.9 Å². The Balaban J connectivity index is 1.70. The van der Waals surface area contributed by atoms with Crippen molar-refractivity contribution >= 4 is 37.9 Å². The minimum Gasteiger partial charge on any atom is -0.361 e. The highest BCUT2D eigenvalue weighted by molar-refractivity contribution is 7.19. The molecule has 0 bridgehead atoms. The number of aromatic nitrogens is 1. The van der Waals surface area contributed by atoms with Gasteiger partial charge in [0.05, 0.1) is 5.69 Å². The molecule has 0 aliphatic rings. The summed E-state index contributed by atoms with van der Waals surface area (Å²) in [6, 6.07) is 10.9. The van der Waals surface area contributed by atoms with Gasteiger partial charge in [-0.05, 0) is 31.4 Å². The van der Waals surface area contributed by atoms with Crippen LogP contribution in [-0.2, 0) is 0 Å². The fourth-order valence-electron chi connectivity index (χ4n) is 2.13. The third kappa shape index (κ3) is 2.72. The van der Waals surface area contributed by atoms with Crippen LogP contribution in [0, 0.1) is 13.8 Å².